The van der Waals surface area contributed by atoms with Gasteiger partial charge in [-0.3, -0.25) is 9.59 Å². The van der Waals surface area contributed by atoms with Crippen LogP contribution in [0.2, 0.25) is 0 Å². The number of carbonyl (C=O) groups excluding carboxylic acids is 2. The van der Waals surface area contributed by atoms with Gasteiger partial charge in [-0.2, -0.15) is 0 Å². The van der Waals surface area contributed by atoms with Gasteiger partial charge >= 0.3 is 5.97 Å². The average molecular weight is 327 g/mol. The van der Waals surface area contributed by atoms with Crippen molar-refractivity contribution in [3.63, 3.8) is 0 Å². The van der Waals surface area contributed by atoms with Crippen LogP contribution in [0.1, 0.15) is 23.0 Å². The van der Waals surface area contributed by atoms with Crippen LogP contribution >= 0.6 is 0 Å². The van der Waals surface area contributed by atoms with Crippen molar-refractivity contribution in [1.82, 2.24) is 5.32 Å². The van der Waals surface area contributed by atoms with E-state index in [-0.39, 0.29) is 19.1 Å². The zero-order chi connectivity index (χ0) is 17.3. The Morgan fingerprint density at radius 3 is 2.58 bits per heavy atom. The lowest BCUT2D eigenvalue weighted by atomic mass is 10.0. The third-order valence-electron chi connectivity index (χ3n) is 3.71. The molecule has 0 aliphatic heterocycles. The molecule has 0 saturated heterocycles. The van der Waals surface area contributed by atoms with Crippen molar-refractivity contribution >= 4 is 33.6 Å². The molecule has 24 heavy (non-hydrogen) atoms. The number of aliphatic hydroxyl groups excluding tert-OH is 1. The van der Waals surface area contributed by atoms with Gasteiger partial charge in [0.2, 0.25) is 0 Å². The van der Waals surface area contributed by atoms with Gasteiger partial charge in [0, 0.05) is 29.6 Å². The highest BCUT2D eigenvalue weighted by Crippen LogP contribution is 2.37. The molecular weight excluding hydrogens is 310 g/mol. The topological polar surface area (TPSA) is 88.8 Å². The molecule has 2 N–H and O–H groups in total. The molecule has 0 fully saturated rings. The number of carbonyl (C=O) groups is 2. The predicted molar refractivity (Wildman–Crippen MR) is 89.2 cm³/mol. The molecule has 1 heterocycles. The summed E-state index contributed by atoms with van der Waals surface area (Å²) in [5, 5.41) is 13.6. The average Bonchev–Trinajstić information content (AvgIpc) is 2.88. The summed E-state index contributed by atoms with van der Waals surface area (Å²) >= 11 is 0. The quantitative estimate of drug-likeness (QED) is 0.568. The summed E-state index contributed by atoms with van der Waals surface area (Å²) in [5.74, 6) is 0.0588. The zero-order valence-electron chi connectivity index (χ0n) is 13.4. The third kappa shape index (κ3) is 2.72. The van der Waals surface area contributed by atoms with Crippen molar-refractivity contribution in [2.45, 2.75) is 13.8 Å². The lowest BCUT2D eigenvalue weighted by Gasteiger charge is -2.08. The minimum atomic E-state index is -0.439. The van der Waals surface area contributed by atoms with Crippen LogP contribution in [0.4, 0.5) is 0 Å². The van der Waals surface area contributed by atoms with Gasteiger partial charge in [-0.1, -0.05) is 24.3 Å². The summed E-state index contributed by atoms with van der Waals surface area (Å²) in [5.41, 5.74) is 0.936. The van der Waals surface area contributed by atoms with E-state index in [1.54, 1.807) is 13.0 Å². The highest BCUT2D eigenvalue weighted by molar-refractivity contribution is 6.16. The van der Waals surface area contributed by atoms with Gasteiger partial charge in [0.1, 0.15) is 17.1 Å². The maximum Gasteiger partial charge on any atom is 0.308 e. The molecule has 0 atom stereocenters. The molecule has 0 radical (unpaired) electrons. The summed E-state index contributed by atoms with van der Waals surface area (Å²) in [6, 6.07) is 9.01. The van der Waals surface area contributed by atoms with Crippen molar-refractivity contribution in [1.29, 1.82) is 0 Å². The van der Waals surface area contributed by atoms with Crippen LogP contribution < -0.4 is 10.1 Å². The van der Waals surface area contributed by atoms with E-state index in [2.05, 4.69) is 5.32 Å². The van der Waals surface area contributed by atoms with Crippen molar-refractivity contribution in [2.24, 2.45) is 0 Å². The van der Waals surface area contributed by atoms with Gasteiger partial charge in [-0.15, -0.1) is 0 Å². The highest BCUT2D eigenvalue weighted by Gasteiger charge is 2.21. The van der Waals surface area contributed by atoms with E-state index in [1.165, 1.54) is 6.92 Å². The maximum atomic E-state index is 12.4. The maximum absolute atomic E-state index is 12.4. The number of esters is 1. The molecule has 3 aromatic rings. The van der Waals surface area contributed by atoms with Crippen LogP contribution in [-0.4, -0.2) is 30.1 Å². The third-order valence-corrected chi connectivity index (χ3v) is 3.71. The first-order valence-corrected chi connectivity index (χ1v) is 7.55. The Bertz CT molecular complexity index is 941. The Hall–Kier alpha value is -2.86. The SMILES string of the molecule is CC(=O)Oc1cc2c(C(=O)NCCO)c(C)oc2c2ccccc12. The Balaban J connectivity index is 2.28. The Kier molecular flexibility index (Phi) is 4.22. The fourth-order valence-electron chi connectivity index (χ4n) is 2.78. The summed E-state index contributed by atoms with van der Waals surface area (Å²) in [6.07, 6.45) is 0. The van der Waals surface area contributed by atoms with Crippen LogP contribution in [-0.2, 0) is 4.79 Å². The van der Waals surface area contributed by atoms with E-state index in [4.69, 9.17) is 14.3 Å². The second-order valence-electron chi connectivity index (χ2n) is 5.40. The minimum absolute atomic E-state index is 0.148. The second kappa shape index (κ2) is 6.33. The van der Waals surface area contributed by atoms with E-state index in [1.807, 2.05) is 24.3 Å². The molecule has 0 saturated carbocycles. The molecule has 6 heteroatoms. The fourth-order valence-corrected chi connectivity index (χ4v) is 2.78. The van der Waals surface area contributed by atoms with Crippen molar-refractivity contribution in [3.05, 3.63) is 41.7 Å². The number of benzene rings is 2. The molecule has 1 aromatic heterocycles. The Morgan fingerprint density at radius 1 is 1.21 bits per heavy atom. The van der Waals surface area contributed by atoms with Crippen molar-refractivity contribution < 1.29 is 23.8 Å². The van der Waals surface area contributed by atoms with E-state index in [9.17, 15) is 9.59 Å². The number of hydrogen-bond acceptors (Lipinski definition) is 5. The van der Waals surface area contributed by atoms with E-state index < -0.39 is 5.97 Å². The number of nitrogens with one attached hydrogen (secondary N) is 1. The zero-order valence-corrected chi connectivity index (χ0v) is 13.4. The van der Waals surface area contributed by atoms with Gasteiger partial charge in [-0.05, 0) is 13.0 Å². The second-order valence-corrected chi connectivity index (χ2v) is 5.40. The molecule has 0 spiro atoms. The summed E-state index contributed by atoms with van der Waals surface area (Å²) in [4.78, 5) is 23.8. The van der Waals surface area contributed by atoms with E-state index in [0.717, 1.165) is 10.8 Å². The number of amides is 1. The van der Waals surface area contributed by atoms with Gasteiger partial charge < -0.3 is 19.6 Å². The molecule has 3 rings (SSSR count). The Labute approximate surface area is 138 Å². The summed E-state index contributed by atoms with van der Waals surface area (Å²) in [7, 11) is 0. The number of fused-ring (bicyclic) bond motifs is 3. The number of hydrogen-bond donors (Lipinski definition) is 2. The first-order chi connectivity index (χ1) is 11.5. The van der Waals surface area contributed by atoms with E-state index in [0.29, 0.717) is 28.0 Å². The van der Waals surface area contributed by atoms with Gasteiger partial charge in [0.25, 0.3) is 5.91 Å². The fraction of sp³-hybridized carbons (Fsp3) is 0.222. The molecule has 1 amide bonds. The number of furan rings is 1. The van der Waals surface area contributed by atoms with Crippen LogP contribution in [0.5, 0.6) is 5.75 Å². The molecule has 0 aliphatic carbocycles. The number of rotatable bonds is 4. The van der Waals surface area contributed by atoms with Crippen LogP contribution in [0.3, 0.4) is 0 Å². The highest BCUT2D eigenvalue weighted by atomic mass is 16.5. The molecule has 0 unspecified atom stereocenters. The van der Waals surface area contributed by atoms with Crippen LogP contribution in [0.15, 0.2) is 34.7 Å². The molecule has 0 bridgehead atoms. The molecule has 124 valence electrons. The summed E-state index contributed by atoms with van der Waals surface area (Å²) < 4.78 is 11.1. The first kappa shape index (κ1) is 16.0. The monoisotopic (exact) mass is 327 g/mol. The van der Waals surface area contributed by atoms with Crippen molar-refractivity contribution in [2.75, 3.05) is 13.2 Å². The molecule has 6 nitrogen and oxygen atoms in total. The van der Waals surface area contributed by atoms with Crippen LogP contribution in [0, 0.1) is 6.92 Å². The van der Waals surface area contributed by atoms with Crippen molar-refractivity contribution in [3.8, 4) is 5.75 Å². The largest absolute Gasteiger partial charge is 0.460 e. The van der Waals surface area contributed by atoms with Crippen LogP contribution in [0.25, 0.3) is 21.7 Å². The van der Waals surface area contributed by atoms with Gasteiger partial charge in [0.15, 0.2) is 0 Å². The number of aliphatic hydroxyl groups is 1. The smallest absolute Gasteiger partial charge is 0.308 e. The number of aryl methyl sites for hydroxylation is 1. The minimum Gasteiger partial charge on any atom is -0.460 e. The predicted octanol–water partition coefficient (Wildman–Crippen LogP) is 2.54. The molecule has 0 aliphatic rings. The first-order valence-electron chi connectivity index (χ1n) is 7.55. The van der Waals surface area contributed by atoms with Gasteiger partial charge in [-0.25, -0.2) is 0 Å². The molecular formula is C18H17NO5. The lowest BCUT2D eigenvalue weighted by molar-refractivity contribution is -0.131. The number of ether oxygens (including phenoxy) is 1. The van der Waals surface area contributed by atoms with E-state index >= 15 is 0 Å². The lowest BCUT2D eigenvalue weighted by Crippen LogP contribution is -2.26. The normalized spacial score (nSPS) is 11.0. The van der Waals surface area contributed by atoms with Gasteiger partial charge in [0.05, 0.1) is 12.2 Å². The molecule has 2 aromatic carbocycles. The standard InChI is InChI=1S/C18H17NO5/c1-10-16(18(22)19-7-8-20)14-9-15(24-11(2)21)12-5-3-4-6-13(12)17(14)23-10/h3-6,9,20H,7-8H2,1-2H3,(H,19,22). The summed E-state index contributed by atoms with van der Waals surface area (Å²) in [6.45, 7) is 3.03. The Morgan fingerprint density at radius 2 is 1.92 bits per heavy atom.